The second kappa shape index (κ2) is 15.7. The van der Waals surface area contributed by atoms with E-state index in [0.29, 0.717) is 5.56 Å². The largest absolute Gasteiger partial charge is 0.400 e. The van der Waals surface area contributed by atoms with Crippen LogP contribution in [-0.4, -0.2) is 47.4 Å². The van der Waals surface area contributed by atoms with E-state index >= 15 is 0 Å². The average Bonchev–Trinajstić information content (AvgIpc) is 3.07. The lowest BCUT2D eigenvalue weighted by molar-refractivity contribution is -0.122. The van der Waals surface area contributed by atoms with Gasteiger partial charge in [-0.05, 0) is 76.2 Å². The number of benzene rings is 4. The highest BCUT2D eigenvalue weighted by atomic mass is 28.3. The van der Waals surface area contributed by atoms with E-state index in [0.717, 1.165) is 27.9 Å². The fourth-order valence-corrected chi connectivity index (χ4v) is 7.73. The Balaban J connectivity index is 1.53. The van der Waals surface area contributed by atoms with Gasteiger partial charge in [0.2, 0.25) is 11.8 Å². The number of anilines is 1. The first-order chi connectivity index (χ1) is 22.4. The molecule has 0 fully saturated rings. The highest BCUT2D eigenvalue weighted by molar-refractivity contribution is 6.80. The summed E-state index contributed by atoms with van der Waals surface area (Å²) in [6, 6.07) is 31.7. The SMILES string of the molecule is CNC(=O)c1ccc(/C=C/C(=O)NCC(=O)N(C)c2ccc(C)c(C(O[Si](c3ccccc3)c3ccccc3)C(C)(C)C)c2C)cc1. The summed E-state index contributed by atoms with van der Waals surface area (Å²) in [4.78, 5) is 39.2. The molecule has 0 aromatic heterocycles. The van der Waals surface area contributed by atoms with Crippen LogP contribution in [0.25, 0.3) is 6.08 Å². The van der Waals surface area contributed by atoms with Crippen molar-refractivity contribution in [1.82, 2.24) is 10.6 Å². The van der Waals surface area contributed by atoms with E-state index < -0.39 is 9.04 Å². The normalized spacial score (nSPS) is 12.2. The molecule has 0 aliphatic rings. The van der Waals surface area contributed by atoms with Gasteiger partial charge in [0.15, 0.2) is 0 Å². The second-order valence-electron chi connectivity index (χ2n) is 12.6. The Morgan fingerprint density at radius 1 is 0.851 bits per heavy atom. The number of nitrogens with one attached hydrogen (secondary N) is 2. The zero-order valence-electron chi connectivity index (χ0n) is 28.3. The summed E-state index contributed by atoms with van der Waals surface area (Å²) in [5.41, 5.74) is 4.94. The lowest BCUT2D eigenvalue weighted by Gasteiger charge is -2.37. The van der Waals surface area contributed by atoms with Crippen molar-refractivity contribution in [1.29, 1.82) is 0 Å². The molecule has 243 valence electrons. The molecule has 4 rings (SSSR count). The monoisotopic (exact) mass is 646 g/mol. The lowest BCUT2D eigenvalue weighted by atomic mass is 9.81. The van der Waals surface area contributed by atoms with Crippen LogP contribution in [0, 0.1) is 19.3 Å². The third kappa shape index (κ3) is 8.93. The number of hydrogen-bond donors (Lipinski definition) is 2. The van der Waals surface area contributed by atoms with Crippen molar-refractivity contribution in [2.24, 2.45) is 5.41 Å². The van der Waals surface area contributed by atoms with E-state index in [-0.39, 0.29) is 35.8 Å². The molecule has 47 heavy (non-hydrogen) atoms. The van der Waals surface area contributed by atoms with E-state index in [2.05, 4.69) is 86.9 Å². The molecule has 3 amide bonds. The van der Waals surface area contributed by atoms with Gasteiger partial charge in [-0.3, -0.25) is 14.4 Å². The van der Waals surface area contributed by atoms with Crippen LogP contribution in [0.4, 0.5) is 5.69 Å². The fraction of sp³-hybridized carbons (Fsp3) is 0.256. The molecule has 2 N–H and O–H groups in total. The van der Waals surface area contributed by atoms with Crippen LogP contribution in [0.5, 0.6) is 0 Å². The summed E-state index contributed by atoms with van der Waals surface area (Å²) in [6.45, 7) is 10.5. The maximum Gasteiger partial charge on any atom is 0.283 e. The average molecular weight is 647 g/mol. The highest BCUT2D eigenvalue weighted by Gasteiger charge is 2.35. The predicted octanol–water partition coefficient (Wildman–Crippen LogP) is 5.37. The minimum atomic E-state index is -1.61. The molecule has 0 saturated carbocycles. The van der Waals surface area contributed by atoms with Crippen molar-refractivity contribution in [3.8, 4) is 0 Å². The van der Waals surface area contributed by atoms with Crippen LogP contribution in [0.15, 0.2) is 103 Å². The Morgan fingerprint density at radius 2 is 1.43 bits per heavy atom. The third-order valence-electron chi connectivity index (χ3n) is 8.04. The molecule has 8 heteroatoms. The molecular weight excluding hydrogens is 603 g/mol. The summed E-state index contributed by atoms with van der Waals surface area (Å²) in [5, 5.41) is 7.61. The molecule has 0 aliphatic carbocycles. The number of nitrogens with zero attached hydrogens (tertiary/aromatic N) is 1. The summed E-state index contributed by atoms with van der Waals surface area (Å²) in [7, 11) is 1.69. The Labute approximate surface area is 280 Å². The van der Waals surface area contributed by atoms with Crippen LogP contribution in [0.1, 0.15) is 59.5 Å². The number of amides is 3. The van der Waals surface area contributed by atoms with Gasteiger partial charge in [0.25, 0.3) is 14.9 Å². The van der Waals surface area contributed by atoms with Gasteiger partial charge >= 0.3 is 0 Å². The van der Waals surface area contributed by atoms with Gasteiger partial charge < -0.3 is 20.0 Å². The van der Waals surface area contributed by atoms with Gasteiger partial charge in [-0.25, -0.2) is 0 Å². The first-order valence-electron chi connectivity index (χ1n) is 15.7. The van der Waals surface area contributed by atoms with Crippen molar-refractivity contribution >= 4 is 48.9 Å². The fourth-order valence-electron chi connectivity index (χ4n) is 5.42. The van der Waals surface area contributed by atoms with Crippen LogP contribution in [0.3, 0.4) is 0 Å². The molecule has 1 radical (unpaired) electrons. The quantitative estimate of drug-likeness (QED) is 0.170. The van der Waals surface area contributed by atoms with Crippen molar-refractivity contribution in [2.75, 3.05) is 25.5 Å². The Bertz CT molecular complexity index is 1680. The van der Waals surface area contributed by atoms with Gasteiger partial charge in [0.05, 0.1) is 12.6 Å². The van der Waals surface area contributed by atoms with E-state index in [4.69, 9.17) is 4.43 Å². The first-order valence-corrected chi connectivity index (χ1v) is 17.1. The number of carbonyl (C=O) groups excluding carboxylic acids is 3. The van der Waals surface area contributed by atoms with Gasteiger partial charge in [-0.15, -0.1) is 0 Å². The summed E-state index contributed by atoms with van der Waals surface area (Å²) >= 11 is 0. The predicted molar refractivity (Wildman–Crippen MR) is 192 cm³/mol. The zero-order chi connectivity index (χ0) is 34.1. The third-order valence-corrected chi connectivity index (χ3v) is 10.2. The first kappa shape index (κ1) is 35.1. The zero-order valence-corrected chi connectivity index (χ0v) is 29.3. The van der Waals surface area contributed by atoms with E-state index in [1.165, 1.54) is 16.4 Å². The molecule has 4 aromatic rings. The lowest BCUT2D eigenvalue weighted by Crippen LogP contribution is -2.47. The van der Waals surface area contributed by atoms with E-state index in [1.54, 1.807) is 49.3 Å². The van der Waals surface area contributed by atoms with Crippen LogP contribution >= 0.6 is 0 Å². The number of rotatable bonds is 11. The highest BCUT2D eigenvalue weighted by Crippen LogP contribution is 2.42. The number of likely N-dealkylation sites (N-methyl/N-ethyl adjacent to an activating group) is 1. The standard InChI is InChI=1S/C39H44N3O4Si/c1-27-18-24-33(42(7)35(44)26-41-34(43)25-21-29-19-22-30(23-20-29)38(45)40-6)28(2)36(27)37(39(3,4)5)46-47(31-14-10-8-11-15-31)32-16-12-9-13-17-32/h8-25,37H,26H2,1-7H3,(H,40,45)(H,41,43)/b25-21+. The van der Waals surface area contributed by atoms with Crippen molar-refractivity contribution in [2.45, 2.75) is 40.7 Å². The molecule has 0 spiro atoms. The van der Waals surface area contributed by atoms with Crippen molar-refractivity contribution in [3.05, 3.63) is 131 Å². The van der Waals surface area contributed by atoms with Gasteiger partial charge in [0, 0.05) is 31.4 Å². The second-order valence-corrected chi connectivity index (χ2v) is 14.6. The molecule has 1 atom stereocenters. The minimum absolute atomic E-state index is 0.160. The number of carbonyl (C=O) groups is 3. The maximum atomic E-state index is 13.3. The molecule has 0 heterocycles. The molecule has 7 nitrogen and oxygen atoms in total. The number of hydrogen-bond acceptors (Lipinski definition) is 4. The Morgan fingerprint density at radius 3 is 1.96 bits per heavy atom. The van der Waals surface area contributed by atoms with Gasteiger partial charge in [-0.2, -0.15) is 0 Å². The van der Waals surface area contributed by atoms with Crippen molar-refractivity contribution in [3.63, 3.8) is 0 Å². The van der Waals surface area contributed by atoms with Crippen LogP contribution in [0.2, 0.25) is 0 Å². The summed E-state index contributed by atoms with van der Waals surface area (Å²) in [5.74, 6) is -0.810. The molecule has 4 aromatic carbocycles. The molecule has 1 unspecified atom stereocenters. The molecule has 0 saturated heterocycles. The topological polar surface area (TPSA) is 87.7 Å². The van der Waals surface area contributed by atoms with E-state index in [9.17, 15) is 14.4 Å². The Hall–Kier alpha value is -4.79. The minimum Gasteiger partial charge on any atom is -0.400 e. The molecule has 0 aliphatic heterocycles. The number of aryl methyl sites for hydroxylation is 1. The van der Waals surface area contributed by atoms with Gasteiger partial charge in [0.1, 0.15) is 0 Å². The molecular formula is C39H44N3O4Si. The van der Waals surface area contributed by atoms with Crippen molar-refractivity contribution < 1.29 is 18.8 Å². The maximum absolute atomic E-state index is 13.3. The van der Waals surface area contributed by atoms with Crippen LogP contribution < -0.4 is 25.9 Å². The van der Waals surface area contributed by atoms with E-state index in [1.807, 2.05) is 31.2 Å². The van der Waals surface area contributed by atoms with Gasteiger partial charge in [-0.1, -0.05) is 99.6 Å². The smallest absolute Gasteiger partial charge is 0.283 e. The summed E-state index contributed by atoms with van der Waals surface area (Å²) < 4.78 is 7.21. The molecule has 0 bridgehead atoms. The van der Waals surface area contributed by atoms with Crippen LogP contribution in [-0.2, 0) is 14.0 Å². The summed E-state index contributed by atoms with van der Waals surface area (Å²) in [6.07, 6.45) is 2.76. The Kier molecular flexibility index (Phi) is 11.7.